The Morgan fingerprint density at radius 1 is 1.29 bits per heavy atom. The van der Waals surface area contributed by atoms with E-state index in [1.54, 1.807) is 19.1 Å². The van der Waals surface area contributed by atoms with Crippen LogP contribution in [0.4, 0.5) is 5.69 Å². The van der Waals surface area contributed by atoms with E-state index in [9.17, 15) is 8.42 Å². The van der Waals surface area contributed by atoms with Crippen molar-refractivity contribution in [2.45, 2.75) is 32.6 Å². The van der Waals surface area contributed by atoms with Gasteiger partial charge in [-0.1, -0.05) is 13.8 Å². The molecule has 0 aliphatic carbocycles. The molecule has 0 bridgehead atoms. The first kappa shape index (κ1) is 14.0. The quantitative estimate of drug-likeness (QED) is 0.807. The maximum absolute atomic E-state index is 12.1. The van der Waals surface area contributed by atoms with Gasteiger partial charge in [0.25, 0.3) is 0 Å². The number of hydrogen-bond acceptors (Lipinski definition) is 3. The third-order valence-corrected chi connectivity index (χ3v) is 4.07. The molecule has 0 amide bonds. The topological polar surface area (TPSA) is 72.2 Å². The number of aryl methyl sites for hydroxylation is 1. The Bertz CT molecular complexity index is 507. The molecule has 0 radical (unpaired) electrons. The second-order valence-electron chi connectivity index (χ2n) is 4.72. The number of nitrogens with two attached hydrogens (primary N) is 1. The van der Waals surface area contributed by atoms with Crippen LogP contribution in [-0.2, 0) is 10.0 Å². The molecule has 0 saturated carbocycles. The van der Waals surface area contributed by atoms with Crippen molar-refractivity contribution in [2.24, 2.45) is 5.92 Å². The van der Waals surface area contributed by atoms with Gasteiger partial charge in [-0.3, -0.25) is 0 Å². The zero-order chi connectivity index (χ0) is 13.2. The second kappa shape index (κ2) is 5.06. The van der Waals surface area contributed by atoms with Crippen LogP contribution in [0.15, 0.2) is 17.0 Å². The van der Waals surface area contributed by atoms with Gasteiger partial charge < -0.3 is 5.73 Å². The predicted octanol–water partition coefficient (Wildman–Crippen LogP) is 1.82. The van der Waals surface area contributed by atoms with E-state index in [2.05, 4.69) is 4.72 Å². The lowest BCUT2D eigenvalue weighted by Crippen LogP contribution is -2.28. The minimum absolute atomic E-state index is 0.271. The Kier molecular flexibility index (Phi) is 4.16. The number of rotatable bonds is 4. The summed E-state index contributed by atoms with van der Waals surface area (Å²) in [6.07, 6.45) is 0. The summed E-state index contributed by atoms with van der Waals surface area (Å²) in [5.74, 6) is 0.271. The average Bonchev–Trinajstić information content (AvgIpc) is 2.20. The summed E-state index contributed by atoms with van der Waals surface area (Å²) in [7, 11) is -3.46. The molecule has 0 heterocycles. The molecule has 0 aliphatic rings. The van der Waals surface area contributed by atoms with E-state index in [1.165, 1.54) is 0 Å². The zero-order valence-corrected chi connectivity index (χ0v) is 11.6. The molecule has 17 heavy (non-hydrogen) atoms. The Hall–Kier alpha value is -1.07. The highest BCUT2D eigenvalue weighted by molar-refractivity contribution is 7.89. The molecule has 0 fully saturated rings. The van der Waals surface area contributed by atoms with E-state index in [0.29, 0.717) is 17.8 Å². The largest absolute Gasteiger partial charge is 0.398 e. The van der Waals surface area contributed by atoms with Crippen molar-refractivity contribution >= 4 is 15.7 Å². The predicted molar refractivity (Wildman–Crippen MR) is 70.4 cm³/mol. The van der Waals surface area contributed by atoms with E-state index >= 15 is 0 Å². The monoisotopic (exact) mass is 256 g/mol. The fraction of sp³-hybridized carbons (Fsp3) is 0.500. The normalized spacial score (nSPS) is 12.1. The second-order valence-corrected chi connectivity index (χ2v) is 6.46. The summed E-state index contributed by atoms with van der Waals surface area (Å²) in [6, 6.07) is 3.42. The smallest absolute Gasteiger partial charge is 0.240 e. The highest BCUT2D eigenvalue weighted by atomic mass is 32.2. The lowest BCUT2D eigenvalue weighted by molar-refractivity contribution is 0.559. The molecule has 3 N–H and O–H groups in total. The number of nitrogens with one attached hydrogen (secondary N) is 1. The van der Waals surface area contributed by atoms with E-state index in [-0.39, 0.29) is 10.8 Å². The molecule has 0 aliphatic heterocycles. The van der Waals surface area contributed by atoms with Crippen molar-refractivity contribution in [2.75, 3.05) is 12.3 Å². The number of nitrogen functional groups attached to an aromatic ring is 1. The SMILES string of the molecule is Cc1cc(N)c(C)c(S(=O)(=O)NCC(C)C)c1. The summed E-state index contributed by atoms with van der Waals surface area (Å²) >= 11 is 0. The van der Waals surface area contributed by atoms with Crippen molar-refractivity contribution in [3.8, 4) is 0 Å². The molecule has 0 aromatic heterocycles. The van der Waals surface area contributed by atoms with Gasteiger partial charge in [0.15, 0.2) is 0 Å². The molecule has 1 aromatic rings. The van der Waals surface area contributed by atoms with Crippen LogP contribution in [0.5, 0.6) is 0 Å². The molecule has 1 aromatic carbocycles. The van der Waals surface area contributed by atoms with Gasteiger partial charge in [-0.25, -0.2) is 13.1 Å². The maximum Gasteiger partial charge on any atom is 0.240 e. The Balaban J connectivity index is 3.15. The van der Waals surface area contributed by atoms with Gasteiger partial charge in [-0.2, -0.15) is 0 Å². The van der Waals surface area contributed by atoms with Crippen LogP contribution in [0.25, 0.3) is 0 Å². The van der Waals surface area contributed by atoms with Crippen molar-refractivity contribution in [3.63, 3.8) is 0 Å². The highest BCUT2D eigenvalue weighted by Crippen LogP contribution is 2.22. The molecule has 5 heteroatoms. The van der Waals surface area contributed by atoms with Crippen molar-refractivity contribution in [1.29, 1.82) is 0 Å². The van der Waals surface area contributed by atoms with Crippen molar-refractivity contribution in [1.82, 2.24) is 4.72 Å². The fourth-order valence-corrected chi connectivity index (χ4v) is 3.06. The number of sulfonamides is 1. The van der Waals surface area contributed by atoms with Gasteiger partial charge in [-0.15, -0.1) is 0 Å². The first-order valence-electron chi connectivity index (χ1n) is 5.60. The van der Waals surface area contributed by atoms with E-state index in [4.69, 9.17) is 5.73 Å². The fourth-order valence-electron chi connectivity index (χ4n) is 1.49. The third-order valence-electron chi connectivity index (χ3n) is 2.52. The molecule has 4 nitrogen and oxygen atoms in total. The number of benzene rings is 1. The first-order valence-corrected chi connectivity index (χ1v) is 7.08. The zero-order valence-electron chi connectivity index (χ0n) is 10.7. The Morgan fingerprint density at radius 3 is 2.41 bits per heavy atom. The van der Waals surface area contributed by atoms with Crippen molar-refractivity contribution in [3.05, 3.63) is 23.3 Å². The van der Waals surface area contributed by atoms with Gasteiger partial charge in [0.2, 0.25) is 10.0 Å². The standard InChI is InChI=1S/C12H20N2O2S/c1-8(2)7-14-17(15,16)12-6-9(3)5-11(13)10(12)4/h5-6,8,14H,7,13H2,1-4H3. The molecule has 0 spiro atoms. The van der Waals surface area contributed by atoms with Crippen LogP contribution in [0.2, 0.25) is 0 Å². The first-order chi connectivity index (χ1) is 7.74. The van der Waals surface area contributed by atoms with Gasteiger partial charge in [0.05, 0.1) is 4.90 Å². The van der Waals surface area contributed by atoms with Crippen LogP contribution in [0.1, 0.15) is 25.0 Å². The van der Waals surface area contributed by atoms with Crippen LogP contribution in [0, 0.1) is 19.8 Å². The van der Waals surface area contributed by atoms with Gasteiger partial charge in [0, 0.05) is 12.2 Å². The Labute approximate surface area is 103 Å². The summed E-state index contributed by atoms with van der Waals surface area (Å²) in [6.45, 7) is 7.89. The molecule has 0 atom stereocenters. The summed E-state index contributed by atoms with van der Waals surface area (Å²) < 4.78 is 26.8. The minimum Gasteiger partial charge on any atom is -0.398 e. The van der Waals surface area contributed by atoms with Crippen LogP contribution in [-0.4, -0.2) is 15.0 Å². The summed E-state index contributed by atoms with van der Waals surface area (Å²) in [5.41, 5.74) is 7.74. The molecule has 0 saturated heterocycles. The van der Waals surface area contributed by atoms with Crippen molar-refractivity contribution < 1.29 is 8.42 Å². The summed E-state index contributed by atoms with van der Waals surface area (Å²) in [5, 5.41) is 0. The molecular formula is C12H20N2O2S. The molecule has 96 valence electrons. The molecular weight excluding hydrogens is 236 g/mol. The number of anilines is 1. The van der Waals surface area contributed by atoms with Crippen LogP contribution in [0.3, 0.4) is 0 Å². The van der Waals surface area contributed by atoms with Gasteiger partial charge in [-0.05, 0) is 43.0 Å². The average molecular weight is 256 g/mol. The lowest BCUT2D eigenvalue weighted by Gasteiger charge is -2.13. The van der Waals surface area contributed by atoms with E-state index in [0.717, 1.165) is 5.56 Å². The Morgan fingerprint density at radius 2 is 1.88 bits per heavy atom. The lowest BCUT2D eigenvalue weighted by atomic mass is 10.1. The highest BCUT2D eigenvalue weighted by Gasteiger charge is 2.18. The molecule has 0 unspecified atom stereocenters. The van der Waals surface area contributed by atoms with E-state index in [1.807, 2.05) is 20.8 Å². The van der Waals surface area contributed by atoms with Crippen LogP contribution >= 0.6 is 0 Å². The summed E-state index contributed by atoms with van der Waals surface area (Å²) in [4.78, 5) is 0.274. The third kappa shape index (κ3) is 3.44. The van der Waals surface area contributed by atoms with Gasteiger partial charge in [0.1, 0.15) is 0 Å². The minimum atomic E-state index is -3.46. The van der Waals surface area contributed by atoms with E-state index < -0.39 is 10.0 Å². The number of hydrogen-bond donors (Lipinski definition) is 2. The van der Waals surface area contributed by atoms with Gasteiger partial charge >= 0.3 is 0 Å². The van der Waals surface area contributed by atoms with Crippen LogP contribution < -0.4 is 10.5 Å². The maximum atomic E-state index is 12.1. The molecule has 1 rings (SSSR count).